The number of hydrogen-bond acceptors (Lipinski definition) is 7. The molecule has 38 heavy (non-hydrogen) atoms. The molecular weight excluding hydrogens is 502 g/mol. The molecular formula is C28H30ClN7O2. The van der Waals surface area contributed by atoms with Crippen molar-refractivity contribution in [2.24, 2.45) is 0 Å². The normalized spacial score (nSPS) is 17.5. The minimum Gasteiger partial charge on any atom is -0.385 e. The van der Waals surface area contributed by atoms with Crippen LogP contribution in [-0.2, 0) is 5.60 Å². The van der Waals surface area contributed by atoms with Crippen molar-refractivity contribution in [3.63, 3.8) is 0 Å². The van der Waals surface area contributed by atoms with Crippen LogP contribution in [0.5, 0.6) is 0 Å². The molecule has 0 saturated carbocycles. The Morgan fingerprint density at radius 3 is 2.39 bits per heavy atom. The van der Waals surface area contributed by atoms with Gasteiger partial charge in [-0.1, -0.05) is 23.7 Å². The predicted octanol–water partition coefficient (Wildman–Crippen LogP) is 3.66. The quantitative estimate of drug-likeness (QED) is 0.361. The minimum absolute atomic E-state index is 0.0537. The number of pyridine rings is 1. The summed E-state index contributed by atoms with van der Waals surface area (Å²) in [5, 5.41) is 23.1. The van der Waals surface area contributed by atoms with E-state index >= 15 is 0 Å². The molecule has 2 aliphatic rings. The van der Waals surface area contributed by atoms with E-state index in [1.165, 1.54) is 0 Å². The number of carbonyl (C=O) groups excluding carboxylic acids is 1. The first kappa shape index (κ1) is 24.7. The number of amides is 1. The zero-order chi connectivity index (χ0) is 26.1. The van der Waals surface area contributed by atoms with Gasteiger partial charge in [-0.25, -0.2) is 4.52 Å². The molecule has 0 radical (unpaired) electrons. The van der Waals surface area contributed by atoms with Crippen molar-refractivity contribution in [1.82, 2.24) is 24.8 Å². The Bertz CT molecular complexity index is 1420. The molecule has 2 aromatic heterocycles. The number of nitrogens with one attached hydrogen (secondary N) is 2. The topological polar surface area (TPSA) is 98.0 Å². The Morgan fingerprint density at radius 1 is 0.974 bits per heavy atom. The van der Waals surface area contributed by atoms with E-state index in [2.05, 4.69) is 20.6 Å². The third-order valence-electron chi connectivity index (χ3n) is 7.45. The molecule has 2 aromatic carbocycles. The third-order valence-corrected chi connectivity index (χ3v) is 7.70. The lowest BCUT2D eigenvalue weighted by Crippen LogP contribution is -2.46. The van der Waals surface area contributed by atoms with Crippen molar-refractivity contribution in [3.8, 4) is 0 Å². The summed E-state index contributed by atoms with van der Waals surface area (Å²) in [5.41, 5.74) is 3.23. The highest BCUT2D eigenvalue weighted by Gasteiger charge is 2.34. The SMILES string of the molecule is O=C(c1ccc(Nc2nc3c(N4CCC(O)(c5ccc(Cl)cc5)CC4)cccn3n2)cc1)N1CCNCC1. The van der Waals surface area contributed by atoms with Gasteiger partial charge < -0.3 is 25.5 Å². The summed E-state index contributed by atoms with van der Waals surface area (Å²) in [6.45, 7) is 4.49. The standard InChI is InChI=1S/C28H30ClN7O2/c29-22-7-5-21(6-8-22)28(38)11-16-34(17-12-28)24-2-1-15-36-25(24)32-27(33-36)31-23-9-3-20(4-10-23)26(37)35-18-13-30-14-19-35/h1-10,15,30,38H,11-14,16-19H2,(H,31,33). The molecule has 2 saturated heterocycles. The van der Waals surface area contributed by atoms with Crippen LogP contribution in [0.3, 0.4) is 0 Å². The predicted molar refractivity (Wildman–Crippen MR) is 148 cm³/mol. The first-order valence-electron chi connectivity index (χ1n) is 12.9. The van der Waals surface area contributed by atoms with Gasteiger partial charge in [0.2, 0.25) is 5.95 Å². The first-order valence-corrected chi connectivity index (χ1v) is 13.3. The van der Waals surface area contributed by atoms with Crippen molar-refractivity contribution in [1.29, 1.82) is 0 Å². The number of fused-ring (bicyclic) bond motifs is 1. The van der Waals surface area contributed by atoms with Crippen molar-refractivity contribution >= 4 is 40.5 Å². The Hall–Kier alpha value is -3.66. The van der Waals surface area contributed by atoms with Gasteiger partial charge in [-0.3, -0.25) is 4.79 Å². The van der Waals surface area contributed by atoms with Crippen LogP contribution >= 0.6 is 11.6 Å². The van der Waals surface area contributed by atoms with Crippen LogP contribution in [0.25, 0.3) is 5.65 Å². The highest BCUT2D eigenvalue weighted by Crippen LogP contribution is 2.36. The second kappa shape index (κ2) is 10.2. The summed E-state index contributed by atoms with van der Waals surface area (Å²) in [7, 11) is 0. The molecule has 0 spiro atoms. The van der Waals surface area contributed by atoms with Crippen LogP contribution in [0.4, 0.5) is 17.3 Å². The molecule has 4 heterocycles. The van der Waals surface area contributed by atoms with Crippen molar-refractivity contribution in [3.05, 3.63) is 83.0 Å². The van der Waals surface area contributed by atoms with E-state index in [0.29, 0.717) is 42.5 Å². The summed E-state index contributed by atoms with van der Waals surface area (Å²) < 4.78 is 1.76. The smallest absolute Gasteiger partial charge is 0.253 e. The van der Waals surface area contributed by atoms with Crippen LogP contribution in [0.15, 0.2) is 66.9 Å². The van der Waals surface area contributed by atoms with Gasteiger partial charge >= 0.3 is 0 Å². The van der Waals surface area contributed by atoms with E-state index < -0.39 is 5.60 Å². The zero-order valence-electron chi connectivity index (χ0n) is 21.0. The van der Waals surface area contributed by atoms with E-state index in [-0.39, 0.29) is 5.91 Å². The monoisotopic (exact) mass is 531 g/mol. The highest BCUT2D eigenvalue weighted by molar-refractivity contribution is 6.30. The van der Waals surface area contributed by atoms with Gasteiger partial charge in [0.05, 0.1) is 11.3 Å². The summed E-state index contributed by atoms with van der Waals surface area (Å²) >= 11 is 6.03. The van der Waals surface area contributed by atoms with E-state index in [4.69, 9.17) is 16.6 Å². The molecule has 196 valence electrons. The number of aromatic nitrogens is 3. The molecule has 1 amide bonds. The average molecular weight is 532 g/mol. The summed E-state index contributed by atoms with van der Waals surface area (Å²) in [6.07, 6.45) is 3.09. The van der Waals surface area contributed by atoms with E-state index in [1.54, 1.807) is 4.52 Å². The Labute approximate surface area is 226 Å². The van der Waals surface area contributed by atoms with Gasteiger partial charge in [0.1, 0.15) is 0 Å². The van der Waals surface area contributed by atoms with Crippen LogP contribution in [0, 0.1) is 0 Å². The van der Waals surface area contributed by atoms with Gasteiger partial charge in [-0.05, 0) is 66.9 Å². The number of carbonyl (C=O) groups is 1. The van der Waals surface area contributed by atoms with Crippen molar-refractivity contribution in [2.75, 3.05) is 49.5 Å². The maximum Gasteiger partial charge on any atom is 0.253 e. The largest absolute Gasteiger partial charge is 0.385 e. The van der Waals surface area contributed by atoms with Gasteiger partial charge in [0.15, 0.2) is 5.65 Å². The van der Waals surface area contributed by atoms with Crippen LogP contribution in [0.1, 0.15) is 28.8 Å². The van der Waals surface area contributed by atoms with Crippen molar-refractivity contribution in [2.45, 2.75) is 18.4 Å². The zero-order valence-corrected chi connectivity index (χ0v) is 21.7. The second-order valence-corrected chi connectivity index (χ2v) is 10.3. The number of anilines is 3. The summed E-state index contributed by atoms with van der Waals surface area (Å²) in [4.78, 5) is 21.6. The fourth-order valence-corrected chi connectivity index (χ4v) is 5.36. The molecule has 9 nitrogen and oxygen atoms in total. The number of aliphatic hydroxyl groups is 1. The van der Waals surface area contributed by atoms with Crippen LogP contribution < -0.4 is 15.5 Å². The molecule has 3 N–H and O–H groups in total. The Morgan fingerprint density at radius 2 is 1.68 bits per heavy atom. The maximum absolute atomic E-state index is 12.7. The lowest BCUT2D eigenvalue weighted by molar-refractivity contribution is 0.0118. The minimum atomic E-state index is -0.870. The fourth-order valence-electron chi connectivity index (χ4n) is 5.23. The Balaban J connectivity index is 1.15. The summed E-state index contributed by atoms with van der Waals surface area (Å²) in [5.74, 6) is 0.534. The number of piperazine rings is 1. The lowest BCUT2D eigenvalue weighted by Gasteiger charge is -2.39. The molecule has 2 fully saturated rings. The van der Waals surface area contributed by atoms with Gasteiger partial charge in [0.25, 0.3) is 5.91 Å². The van der Waals surface area contributed by atoms with Crippen LogP contribution in [0.2, 0.25) is 5.02 Å². The lowest BCUT2D eigenvalue weighted by atomic mass is 9.84. The second-order valence-electron chi connectivity index (χ2n) is 9.87. The molecule has 0 atom stereocenters. The van der Waals surface area contributed by atoms with Crippen LogP contribution in [-0.4, -0.2) is 69.8 Å². The molecule has 2 aliphatic heterocycles. The molecule has 6 rings (SSSR count). The van der Waals surface area contributed by atoms with E-state index in [0.717, 1.165) is 48.8 Å². The van der Waals surface area contributed by atoms with Gasteiger partial charge in [-0.15, -0.1) is 5.10 Å². The van der Waals surface area contributed by atoms with Gasteiger partial charge in [0, 0.05) is 61.7 Å². The number of benzene rings is 2. The molecule has 0 aliphatic carbocycles. The first-order chi connectivity index (χ1) is 18.5. The average Bonchev–Trinajstić information content (AvgIpc) is 3.37. The summed E-state index contributed by atoms with van der Waals surface area (Å²) in [6, 6.07) is 18.9. The Kier molecular flexibility index (Phi) is 6.65. The molecule has 4 aromatic rings. The van der Waals surface area contributed by atoms with E-state index in [1.807, 2.05) is 71.8 Å². The number of hydrogen-bond donors (Lipinski definition) is 3. The number of piperidine rings is 1. The highest BCUT2D eigenvalue weighted by atomic mass is 35.5. The number of rotatable bonds is 5. The van der Waals surface area contributed by atoms with Gasteiger partial charge in [-0.2, -0.15) is 4.98 Å². The maximum atomic E-state index is 12.7. The molecule has 0 bridgehead atoms. The number of halogens is 1. The number of nitrogens with zero attached hydrogens (tertiary/aromatic N) is 5. The van der Waals surface area contributed by atoms with Crippen molar-refractivity contribution < 1.29 is 9.90 Å². The molecule has 0 unspecified atom stereocenters. The molecule has 10 heteroatoms. The van der Waals surface area contributed by atoms with E-state index in [9.17, 15) is 9.90 Å². The fraction of sp³-hybridized carbons (Fsp3) is 0.321. The third kappa shape index (κ3) is 4.92.